The monoisotopic (exact) mass is 296 g/mol. The minimum absolute atomic E-state index is 0.0749. The summed E-state index contributed by atoms with van der Waals surface area (Å²) in [7, 11) is 0. The van der Waals surface area contributed by atoms with Gasteiger partial charge in [0.05, 0.1) is 25.8 Å². The largest absolute Gasteiger partial charge is 0.481 e. The van der Waals surface area contributed by atoms with Gasteiger partial charge in [-0.25, -0.2) is 4.98 Å². The number of carbonyl (C=O) groups is 2. The molecular weight excluding hydrogens is 276 g/mol. The first-order chi connectivity index (χ1) is 10.1. The number of aliphatic carboxylic acids is 1. The molecule has 1 amide bonds. The fourth-order valence-corrected chi connectivity index (χ4v) is 2.50. The summed E-state index contributed by atoms with van der Waals surface area (Å²) < 4.78 is 6.84. The maximum absolute atomic E-state index is 12.4. The van der Waals surface area contributed by atoms with Crippen LogP contribution in [0.1, 0.15) is 19.8 Å². The van der Waals surface area contributed by atoms with Crippen molar-refractivity contribution < 1.29 is 19.4 Å². The average molecular weight is 296 g/mol. The van der Waals surface area contributed by atoms with E-state index in [1.165, 1.54) is 6.33 Å². The van der Waals surface area contributed by atoms with Crippen LogP contribution >= 0.6 is 0 Å². The van der Waals surface area contributed by atoms with Crippen LogP contribution in [-0.4, -0.2) is 62.4 Å². The number of carboxylic acids is 1. The number of carboxylic acid groups (broad SMARTS) is 1. The number of rotatable bonds is 7. The number of aromatic nitrogens is 3. The molecule has 2 unspecified atom stereocenters. The number of carbonyl (C=O) groups excluding carboxylic acids is 1. The third-order valence-corrected chi connectivity index (χ3v) is 3.57. The quantitative estimate of drug-likeness (QED) is 0.761. The van der Waals surface area contributed by atoms with Crippen molar-refractivity contribution in [2.75, 3.05) is 19.8 Å². The number of aryl methyl sites for hydroxylation is 1. The first-order valence-corrected chi connectivity index (χ1v) is 7.06. The predicted molar refractivity (Wildman–Crippen MR) is 72.4 cm³/mol. The van der Waals surface area contributed by atoms with Gasteiger partial charge in [0.25, 0.3) is 0 Å². The second kappa shape index (κ2) is 7.16. The Hall–Kier alpha value is -1.96. The third-order valence-electron chi connectivity index (χ3n) is 3.57. The van der Waals surface area contributed by atoms with Crippen LogP contribution in [0.3, 0.4) is 0 Å². The van der Waals surface area contributed by atoms with Crippen LogP contribution in [0.2, 0.25) is 0 Å². The maximum Gasteiger partial charge on any atom is 0.311 e. The topological polar surface area (TPSA) is 97.5 Å². The third kappa shape index (κ3) is 3.78. The van der Waals surface area contributed by atoms with Gasteiger partial charge < -0.3 is 14.7 Å². The molecule has 1 aliphatic heterocycles. The summed E-state index contributed by atoms with van der Waals surface area (Å²) in [6, 6.07) is -0.384. The minimum Gasteiger partial charge on any atom is -0.481 e. The SMILES string of the molecule is CCCN(C(=O)CCn1cncn1)C1COCC1C(=O)O. The van der Waals surface area contributed by atoms with Crippen molar-refractivity contribution >= 4 is 11.9 Å². The normalized spacial score (nSPS) is 21.4. The molecule has 1 fully saturated rings. The van der Waals surface area contributed by atoms with Crippen LogP contribution in [-0.2, 0) is 20.9 Å². The summed E-state index contributed by atoms with van der Waals surface area (Å²) in [6.45, 7) is 3.38. The Morgan fingerprint density at radius 1 is 1.48 bits per heavy atom. The van der Waals surface area contributed by atoms with E-state index in [2.05, 4.69) is 10.1 Å². The molecule has 0 aliphatic carbocycles. The van der Waals surface area contributed by atoms with Crippen molar-refractivity contribution in [1.82, 2.24) is 19.7 Å². The van der Waals surface area contributed by atoms with E-state index in [9.17, 15) is 14.7 Å². The van der Waals surface area contributed by atoms with Crippen molar-refractivity contribution in [1.29, 1.82) is 0 Å². The van der Waals surface area contributed by atoms with Crippen LogP contribution < -0.4 is 0 Å². The van der Waals surface area contributed by atoms with Crippen molar-refractivity contribution in [3.8, 4) is 0 Å². The van der Waals surface area contributed by atoms with E-state index in [1.807, 2.05) is 6.92 Å². The summed E-state index contributed by atoms with van der Waals surface area (Å²) in [5, 5.41) is 13.2. The molecule has 0 saturated carbocycles. The van der Waals surface area contributed by atoms with Gasteiger partial charge in [-0.15, -0.1) is 0 Å². The summed E-state index contributed by atoms with van der Waals surface area (Å²) in [5.41, 5.74) is 0. The average Bonchev–Trinajstić information content (AvgIpc) is 3.12. The maximum atomic E-state index is 12.4. The molecule has 8 nitrogen and oxygen atoms in total. The van der Waals surface area contributed by atoms with Gasteiger partial charge in [-0.3, -0.25) is 14.3 Å². The molecule has 0 radical (unpaired) electrons. The number of hydrogen-bond acceptors (Lipinski definition) is 5. The summed E-state index contributed by atoms with van der Waals surface area (Å²) in [5.74, 6) is -1.64. The zero-order valence-electron chi connectivity index (χ0n) is 12.0. The van der Waals surface area contributed by atoms with Gasteiger partial charge in [0.2, 0.25) is 5.91 Å². The zero-order valence-corrected chi connectivity index (χ0v) is 12.0. The first-order valence-electron chi connectivity index (χ1n) is 7.06. The molecule has 2 atom stereocenters. The molecule has 1 aliphatic rings. The van der Waals surface area contributed by atoms with Gasteiger partial charge in [0.1, 0.15) is 18.6 Å². The Bertz CT molecular complexity index is 477. The van der Waals surface area contributed by atoms with E-state index in [0.29, 0.717) is 13.1 Å². The highest BCUT2D eigenvalue weighted by molar-refractivity contribution is 5.78. The lowest BCUT2D eigenvalue weighted by molar-refractivity contribution is -0.145. The molecule has 0 bridgehead atoms. The Balaban J connectivity index is 1.99. The highest BCUT2D eigenvalue weighted by Gasteiger charge is 2.39. The minimum atomic E-state index is -0.914. The van der Waals surface area contributed by atoms with Gasteiger partial charge in [0.15, 0.2) is 0 Å². The Labute approximate surface area is 122 Å². The number of amides is 1. The van der Waals surface area contributed by atoms with Crippen molar-refractivity contribution in [2.45, 2.75) is 32.4 Å². The van der Waals surface area contributed by atoms with E-state index < -0.39 is 11.9 Å². The van der Waals surface area contributed by atoms with Crippen molar-refractivity contribution in [2.24, 2.45) is 5.92 Å². The summed E-state index contributed by atoms with van der Waals surface area (Å²) in [4.78, 5) is 29.1. The predicted octanol–water partition coefficient (Wildman–Crippen LogP) is 0.00640. The fourth-order valence-electron chi connectivity index (χ4n) is 2.50. The number of ether oxygens (including phenoxy) is 1. The lowest BCUT2D eigenvalue weighted by atomic mass is 10.0. The van der Waals surface area contributed by atoms with E-state index in [0.717, 1.165) is 6.42 Å². The van der Waals surface area contributed by atoms with Gasteiger partial charge in [0, 0.05) is 13.0 Å². The molecule has 21 heavy (non-hydrogen) atoms. The summed E-state index contributed by atoms with van der Waals surface area (Å²) >= 11 is 0. The first kappa shape index (κ1) is 15.4. The van der Waals surface area contributed by atoms with Gasteiger partial charge >= 0.3 is 5.97 Å². The fraction of sp³-hybridized carbons (Fsp3) is 0.692. The van der Waals surface area contributed by atoms with E-state index in [4.69, 9.17) is 4.74 Å². The van der Waals surface area contributed by atoms with Crippen LogP contribution in [0.4, 0.5) is 0 Å². The molecule has 2 rings (SSSR count). The van der Waals surface area contributed by atoms with Crippen LogP contribution in [0, 0.1) is 5.92 Å². The highest BCUT2D eigenvalue weighted by Crippen LogP contribution is 2.21. The molecule has 116 valence electrons. The van der Waals surface area contributed by atoms with Crippen LogP contribution in [0.25, 0.3) is 0 Å². The molecule has 1 N–H and O–H groups in total. The van der Waals surface area contributed by atoms with E-state index >= 15 is 0 Å². The second-order valence-electron chi connectivity index (χ2n) is 5.05. The van der Waals surface area contributed by atoms with Crippen molar-refractivity contribution in [3.05, 3.63) is 12.7 Å². The van der Waals surface area contributed by atoms with E-state index in [-0.39, 0.29) is 31.6 Å². The van der Waals surface area contributed by atoms with E-state index in [1.54, 1.807) is 15.9 Å². The van der Waals surface area contributed by atoms with Crippen molar-refractivity contribution in [3.63, 3.8) is 0 Å². The molecule has 8 heteroatoms. The van der Waals surface area contributed by atoms with Gasteiger partial charge in [-0.05, 0) is 6.42 Å². The summed E-state index contributed by atoms with van der Waals surface area (Å²) in [6.07, 6.45) is 4.01. The zero-order chi connectivity index (χ0) is 15.2. The van der Waals surface area contributed by atoms with Gasteiger partial charge in [-0.2, -0.15) is 5.10 Å². The molecule has 1 aromatic rings. The molecule has 1 saturated heterocycles. The standard InChI is InChI=1S/C13H20N4O4/c1-2-4-17(11-7-21-6-10(11)13(19)20)12(18)3-5-16-9-14-8-15-16/h8-11H,2-7H2,1H3,(H,19,20). The highest BCUT2D eigenvalue weighted by atomic mass is 16.5. The molecule has 0 aromatic carbocycles. The number of hydrogen-bond donors (Lipinski definition) is 1. The lowest BCUT2D eigenvalue weighted by Gasteiger charge is -2.30. The van der Waals surface area contributed by atoms with Crippen LogP contribution in [0.15, 0.2) is 12.7 Å². The molecule has 1 aromatic heterocycles. The van der Waals surface area contributed by atoms with Gasteiger partial charge in [-0.1, -0.05) is 6.92 Å². The molecule has 0 spiro atoms. The smallest absolute Gasteiger partial charge is 0.311 e. The molecular formula is C13H20N4O4. The Morgan fingerprint density at radius 3 is 2.90 bits per heavy atom. The molecule has 2 heterocycles. The number of nitrogens with zero attached hydrogens (tertiary/aromatic N) is 4. The Kier molecular flexibility index (Phi) is 5.26. The van der Waals surface area contributed by atoms with Crippen LogP contribution in [0.5, 0.6) is 0 Å². The Morgan fingerprint density at radius 2 is 2.29 bits per heavy atom. The lowest BCUT2D eigenvalue weighted by Crippen LogP contribution is -2.47. The second-order valence-corrected chi connectivity index (χ2v) is 5.05.